The molecule has 0 bridgehead atoms. The van der Waals surface area contributed by atoms with Gasteiger partial charge in [0.2, 0.25) is 5.91 Å². The second-order valence-corrected chi connectivity index (χ2v) is 8.08. The summed E-state index contributed by atoms with van der Waals surface area (Å²) in [4.78, 5) is 40.9. The fourth-order valence-corrected chi connectivity index (χ4v) is 3.49. The number of carbonyl (C=O) groups is 2. The molecule has 0 atom stereocenters. The van der Waals surface area contributed by atoms with Crippen molar-refractivity contribution in [3.05, 3.63) is 58.6 Å². The highest BCUT2D eigenvalue weighted by Gasteiger charge is 2.21. The first-order valence-electron chi connectivity index (χ1n) is 10.5. The predicted molar refractivity (Wildman–Crippen MR) is 120 cm³/mol. The van der Waals surface area contributed by atoms with Gasteiger partial charge in [0.15, 0.2) is 5.65 Å². The maximum Gasteiger partial charge on any atom is 0.335 e. The van der Waals surface area contributed by atoms with E-state index < -0.39 is 11.6 Å². The highest BCUT2D eigenvalue weighted by atomic mass is 16.5. The number of hydrogen-bond donors (Lipinski definition) is 2. The number of aliphatic carboxylic acids is 1. The van der Waals surface area contributed by atoms with Crippen molar-refractivity contribution in [3.63, 3.8) is 0 Å². The minimum Gasteiger partial charge on any atom is -0.481 e. The number of amides is 1. The van der Waals surface area contributed by atoms with E-state index in [0.29, 0.717) is 36.4 Å². The molecule has 32 heavy (non-hydrogen) atoms. The molecule has 0 radical (unpaired) electrons. The molecular weight excluding hydrogens is 412 g/mol. The van der Waals surface area contributed by atoms with Gasteiger partial charge in [-0.15, -0.1) is 0 Å². The number of nitrogens with one attached hydrogen (secondary N) is 1. The van der Waals surface area contributed by atoms with Crippen LogP contribution in [0.5, 0.6) is 0 Å². The average Bonchev–Trinajstić information content (AvgIpc) is 3.03. The molecule has 0 saturated heterocycles. The fraction of sp³-hybridized carbons (Fsp3) is 0.391. The Hall–Kier alpha value is -3.46. The van der Waals surface area contributed by atoms with E-state index in [2.05, 4.69) is 10.3 Å². The Balaban J connectivity index is 1.87. The van der Waals surface area contributed by atoms with Crippen LogP contribution in [0.25, 0.3) is 16.9 Å². The second-order valence-electron chi connectivity index (χ2n) is 8.08. The smallest absolute Gasteiger partial charge is 0.335 e. The van der Waals surface area contributed by atoms with E-state index in [0.717, 1.165) is 5.56 Å². The molecule has 0 fully saturated rings. The summed E-state index contributed by atoms with van der Waals surface area (Å²) in [6, 6.07) is 10.6. The van der Waals surface area contributed by atoms with E-state index in [1.54, 1.807) is 42.6 Å². The number of fused-ring (bicyclic) bond motifs is 1. The molecule has 1 amide bonds. The highest BCUT2D eigenvalue weighted by molar-refractivity contribution is 5.80. The van der Waals surface area contributed by atoms with E-state index >= 15 is 0 Å². The number of nitrogens with zero attached hydrogens (tertiary/aromatic N) is 3. The second kappa shape index (κ2) is 9.78. The fourth-order valence-electron chi connectivity index (χ4n) is 3.49. The van der Waals surface area contributed by atoms with E-state index in [1.807, 2.05) is 20.8 Å². The van der Waals surface area contributed by atoms with Crippen LogP contribution < -0.4 is 11.0 Å². The van der Waals surface area contributed by atoms with E-state index in [9.17, 15) is 14.4 Å². The summed E-state index contributed by atoms with van der Waals surface area (Å²) in [5.74, 6) is -1.16. The van der Waals surface area contributed by atoms with Gasteiger partial charge in [-0.05, 0) is 57.0 Å². The molecule has 0 aliphatic carbocycles. The van der Waals surface area contributed by atoms with Gasteiger partial charge in [0.1, 0.15) is 6.54 Å². The number of carboxylic acids is 1. The lowest BCUT2D eigenvalue weighted by Crippen LogP contribution is -2.42. The molecule has 0 aliphatic heterocycles. The van der Waals surface area contributed by atoms with Gasteiger partial charge in [-0.2, -0.15) is 0 Å². The molecule has 0 saturated carbocycles. The summed E-state index contributed by atoms with van der Waals surface area (Å²) < 4.78 is 8.44. The van der Waals surface area contributed by atoms with Gasteiger partial charge in [-0.1, -0.05) is 12.1 Å². The van der Waals surface area contributed by atoms with E-state index in [-0.39, 0.29) is 24.6 Å². The summed E-state index contributed by atoms with van der Waals surface area (Å²) in [7, 11) is 0. The van der Waals surface area contributed by atoms with Crippen molar-refractivity contribution in [1.82, 2.24) is 19.4 Å². The lowest BCUT2D eigenvalue weighted by molar-refractivity contribution is -0.137. The number of rotatable bonds is 10. The molecule has 2 N–H and O–H groups in total. The van der Waals surface area contributed by atoms with Crippen molar-refractivity contribution in [2.75, 3.05) is 13.2 Å². The standard InChI is InChI=1S/C23H28N4O5/c1-4-32-23(2,3)15-25-19(28)14-26-18-6-5-13-24-21(18)27(22(26)31)17-10-7-16(8-11-17)9-12-20(29)30/h5-8,10-11,13H,4,9,12,14-15H2,1-3H3,(H,25,28)(H,29,30). The summed E-state index contributed by atoms with van der Waals surface area (Å²) in [6.45, 7) is 6.38. The zero-order chi connectivity index (χ0) is 23.3. The number of hydrogen-bond acceptors (Lipinski definition) is 5. The van der Waals surface area contributed by atoms with Crippen LogP contribution in [0.1, 0.15) is 32.8 Å². The lowest BCUT2D eigenvalue weighted by atomic mass is 10.1. The van der Waals surface area contributed by atoms with Crippen molar-refractivity contribution in [1.29, 1.82) is 0 Å². The lowest BCUT2D eigenvalue weighted by Gasteiger charge is -2.24. The van der Waals surface area contributed by atoms with Gasteiger partial charge in [-0.25, -0.2) is 14.3 Å². The third-order valence-electron chi connectivity index (χ3n) is 5.06. The van der Waals surface area contributed by atoms with Gasteiger partial charge in [0.25, 0.3) is 0 Å². The summed E-state index contributed by atoms with van der Waals surface area (Å²) in [5, 5.41) is 11.7. The highest BCUT2D eigenvalue weighted by Crippen LogP contribution is 2.17. The number of ether oxygens (including phenoxy) is 1. The molecule has 0 aliphatic rings. The molecule has 170 valence electrons. The molecule has 2 heterocycles. The Bertz CT molecular complexity index is 1160. The molecule has 3 aromatic rings. The van der Waals surface area contributed by atoms with Crippen molar-refractivity contribution < 1.29 is 19.4 Å². The Morgan fingerprint density at radius 2 is 1.91 bits per heavy atom. The molecule has 0 unspecified atom stereocenters. The van der Waals surface area contributed by atoms with Gasteiger partial charge >= 0.3 is 11.7 Å². The Labute approximate surface area is 185 Å². The van der Waals surface area contributed by atoms with Crippen LogP contribution in [0.15, 0.2) is 47.4 Å². The maximum atomic E-state index is 13.2. The van der Waals surface area contributed by atoms with Crippen molar-refractivity contribution in [2.24, 2.45) is 0 Å². The SMILES string of the molecule is CCOC(C)(C)CNC(=O)Cn1c(=O)n(-c2ccc(CCC(=O)O)cc2)c2ncccc21. The van der Waals surface area contributed by atoms with Crippen molar-refractivity contribution >= 4 is 23.0 Å². The van der Waals surface area contributed by atoms with E-state index in [4.69, 9.17) is 9.84 Å². The first kappa shape index (κ1) is 23.2. The normalized spacial score (nSPS) is 11.6. The Morgan fingerprint density at radius 3 is 2.56 bits per heavy atom. The Morgan fingerprint density at radius 1 is 1.19 bits per heavy atom. The maximum absolute atomic E-state index is 13.2. The molecule has 0 spiro atoms. The summed E-state index contributed by atoms with van der Waals surface area (Å²) >= 11 is 0. The Kier molecular flexibility index (Phi) is 7.09. The third-order valence-corrected chi connectivity index (χ3v) is 5.06. The summed E-state index contributed by atoms with van der Waals surface area (Å²) in [6.07, 6.45) is 2.03. The van der Waals surface area contributed by atoms with E-state index in [1.165, 1.54) is 9.13 Å². The molecule has 9 heteroatoms. The molecule has 9 nitrogen and oxygen atoms in total. The average molecular weight is 441 g/mol. The van der Waals surface area contributed by atoms with Crippen LogP contribution in [0, 0.1) is 0 Å². The van der Waals surface area contributed by atoms with Crippen molar-refractivity contribution in [2.45, 2.75) is 45.8 Å². The first-order chi connectivity index (χ1) is 15.2. The minimum atomic E-state index is -0.861. The molecule has 2 aromatic heterocycles. The predicted octanol–water partition coefficient (Wildman–Crippen LogP) is 2.14. The van der Waals surface area contributed by atoms with Crippen LogP contribution >= 0.6 is 0 Å². The first-order valence-corrected chi connectivity index (χ1v) is 10.5. The van der Waals surface area contributed by atoms with Crippen LogP contribution in [-0.4, -0.2) is 49.9 Å². The monoisotopic (exact) mass is 440 g/mol. The zero-order valence-corrected chi connectivity index (χ0v) is 18.5. The van der Waals surface area contributed by atoms with Crippen LogP contribution in [0.3, 0.4) is 0 Å². The van der Waals surface area contributed by atoms with Crippen molar-refractivity contribution in [3.8, 4) is 5.69 Å². The van der Waals surface area contributed by atoms with Gasteiger partial charge in [-0.3, -0.25) is 14.2 Å². The summed E-state index contributed by atoms with van der Waals surface area (Å²) in [5.41, 5.74) is 1.56. The van der Waals surface area contributed by atoms with Crippen LogP contribution in [0.4, 0.5) is 0 Å². The number of carbonyl (C=O) groups excluding carboxylic acids is 1. The third kappa shape index (κ3) is 5.42. The number of aromatic nitrogens is 3. The topological polar surface area (TPSA) is 115 Å². The quantitative estimate of drug-likeness (QED) is 0.499. The number of carboxylic acid groups (broad SMARTS) is 1. The molecular formula is C23H28N4O5. The zero-order valence-electron chi connectivity index (χ0n) is 18.5. The number of pyridine rings is 1. The van der Waals surface area contributed by atoms with Gasteiger partial charge in [0, 0.05) is 25.8 Å². The number of aryl methyl sites for hydroxylation is 1. The molecule has 1 aromatic carbocycles. The number of imidazole rings is 1. The number of benzene rings is 1. The minimum absolute atomic E-state index is 0.0371. The van der Waals surface area contributed by atoms with Crippen LogP contribution in [0.2, 0.25) is 0 Å². The van der Waals surface area contributed by atoms with Gasteiger partial charge < -0.3 is 15.2 Å². The van der Waals surface area contributed by atoms with Crippen LogP contribution in [-0.2, 0) is 27.3 Å². The van der Waals surface area contributed by atoms with Gasteiger partial charge in [0.05, 0.1) is 16.8 Å². The molecule has 3 rings (SSSR count). The largest absolute Gasteiger partial charge is 0.481 e.